The SMILES string of the molecule is O=C(O)CCNC(=O)c1ccc(CN(C(=O)Nc2nc3cc(C(F)(F)F)cc(C(F)(F)F)c3s2)c2ccc(C3=CCCCC3)cc2)cc1. The number of anilines is 2. The third-order valence-corrected chi connectivity index (χ3v) is 8.62. The van der Waals surface area contributed by atoms with Crippen LogP contribution in [0.3, 0.4) is 0 Å². The van der Waals surface area contributed by atoms with Gasteiger partial charge in [0.25, 0.3) is 5.91 Å². The quantitative estimate of drug-likeness (QED) is 0.152. The number of hydrogen-bond donors (Lipinski definition) is 3. The molecule has 15 heteroatoms. The predicted molar refractivity (Wildman–Crippen MR) is 169 cm³/mol. The molecule has 3 aromatic carbocycles. The average molecular weight is 691 g/mol. The lowest BCUT2D eigenvalue weighted by molar-refractivity contribution is -0.142. The number of halogens is 6. The van der Waals surface area contributed by atoms with Gasteiger partial charge >= 0.3 is 24.4 Å². The molecule has 252 valence electrons. The highest BCUT2D eigenvalue weighted by Gasteiger charge is 2.39. The van der Waals surface area contributed by atoms with Gasteiger partial charge in [-0.15, -0.1) is 0 Å². The number of nitrogens with zero attached hydrogens (tertiary/aromatic N) is 2. The number of allylic oxidation sites excluding steroid dienone is 2. The molecule has 0 fully saturated rings. The molecule has 0 radical (unpaired) electrons. The molecule has 3 N–H and O–H groups in total. The third kappa shape index (κ3) is 8.32. The number of amides is 3. The van der Waals surface area contributed by atoms with Crippen molar-refractivity contribution in [3.63, 3.8) is 0 Å². The normalized spacial score (nSPS) is 13.6. The fourth-order valence-electron chi connectivity index (χ4n) is 5.18. The topological polar surface area (TPSA) is 112 Å². The maximum atomic E-state index is 13.8. The first-order valence-electron chi connectivity index (χ1n) is 14.7. The smallest absolute Gasteiger partial charge is 0.417 e. The fraction of sp³-hybridized carbons (Fsp3) is 0.273. The van der Waals surface area contributed by atoms with Crippen LogP contribution in [0, 0.1) is 0 Å². The number of fused-ring (bicyclic) bond motifs is 1. The van der Waals surface area contributed by atoms with E-state index in [4.69, 9.17) is 5.11 Å². The predicted octanol–water partition coefficient (Wildman–Crippen LogP) is 8.73. The van der Waals surface area contributed by atoms with Gasteiger partial charge in [0.1, 0.15) is 0 Å². The van der Waals surface area contributed by atoms with Crippen LogP contribution >= 0.6 is 11.3 Å². The van der Waals surface area contributed by atoms with Crippen molar-refractivity contribution in [2.75, 3.05) is 16.8 Å². The number of hydrogen-bond acceptors (Lipinski definition) is 5. The lowest BCUT2D eigenvalue weighted by atomic mass is 9.93. The minimum Gasteiger partial charge on any atom is -0.481 e. The maximum absolute atomic E-state index is 13.8. The molecule has 0 unspecified atom stereocenters. The Balaban J connectivity index is 1.43. The number of urea groups is 1. The van der Waals surface area contributed by atoms with E-state index in [-0.39, 0.29) is 36.3 Å². The molecule has 48 heavy (non-hydrogen) atoms. The number of aliphatic carboxylic acids is 1. The number of carboxylic acid groups (broad SMARTS) is 1. The molecule has 1 aliphatic carbocycles. The zero-order chi connectivity index (χ0) is 34.6. The second kappa shape index (κ2) is 14.1. The van der Waals surface area contributed by atoms with Crippen LogP contribution in [0.15, 0.2) is 66.7 Å². The van der Waals surface area contributed by atoms with E-state index in [1.54, 1.807) is 24.3 Å². The Bertz CT molecular complexity index is 1850. The minimum absolute atomic E-state index is 0.0256. The summed E-state index contributed by atoms with van der Waals surface area (Å²) in [6.45, 7) is -0.129. The highest BCUT2D eigenvalue weighted by atomic mass is 32.1. The molecule has 8 nitrogen and oxygen atoms in total. The van der Waals surface area contributed by atoms with Crippen LogP contribution in [0.1, 0.15) is 64.7 Å². The Morgan fingerprint density at radius 1 is 0.917 bits per heavy atom. The number of nitrogens with one attached hydrogen (secondary N) is 2. The van der Waals surface area contributed by atoms with E-state index in [9.17, 15) is 40.7 Å². The summed E-state index contributed by atoms with van der Waals surface area (Å²) in [5.41, 5.74) is -0.215. The third-order valence-electron chi connectivity index (χ3n) is 7.60. The maximum Gasteiger partial charge on any atom is 0.417 e. The van der Waals surface area contributed by atoms with Crippen LogP contribution < -0.4 is 15.5 Å². The molecular weight excluding hydrogens is 662 g/mol. The first kappa shape index (κ1) is 34.4. The number of thiazole rings is 1. The number of aromatic nitrogens is 1. The summed E-state index contributed by atoms with van der Waals surface area (Å²) in [7, 11) is 0. The summed E-state index contributed by atoms with van der Waals surface area (Å²) in [6, 6.07) is 13.0. The lowest BCUT2D eigenvalue weighted by Crippen LogP contribution is -2.34. The zero-order valence-corrected chi connectivity index (χ0v) is 25.9. The van der Waals surface area contributed by atoms with E-state index in [2.05, 4.69) is 21.7 Å². The molecule has 1 heterocycles. The first-order chi connectivity index (χ1) is 22.7. The van der Waals surface area contributed by atoms with Gasteiger partial charge in [0.05, 0.1) is 34.3 Å². The van der Waals surface area contributed by atoms with Crippen LogP contribution in [-0.4, -0.2) is 34.5 Å². The minimum atomic E-state index is -5.10. The van der Waals surface area contributed by atoms with Gasteiger partial charge < -0.3 is 10.4 Å². The van der Waals surface area contributed by atoms with Crippen molar-refractivity contribution in [3.8, 4) is 0 Å². The van der Waals surface area contributed by atoms with E-state index in [0.717, 1.165) is 31.2 Å². The summed E-state index contributed by atoms with van der Waals surface area (Å²) < 4.78 is 80.9. The Labute approximate surface area is 274 Å². The lowest BCUT2D eigenvalue weighted by Gasteiger charge is -2.23. The number of carboxylic acids is 1. The van der Waals surface area contributed by atoms with Gasteiger partial charge in [-0.3, -0.25) is 19.8 Å². The standard InChI is InChI=1S/C33H28F6N4O4S/c34-32(35,36)23-16-25(33(37,38)39)28-26(17-23)41-30(48-28)42-31(47)43(24-12-10-21(11-13-24)20-4-2-1-3-5-20)18-19-6-8-22(9-7-19)29(46)40-15-14-27(44)45/h4,6-13,16-17H,1-3,5,14-15,18H2,(H,40,46)(H,44,45)(H,41,42,47). The van der Waals surface area contributed by atoms with Crippen LogP contribution in [0.5, 0.6) is 0 Å². The van der Waals surface area contributed by atoms with E-state index in [1.807, 2.05) is 12.1 Å². The number of benzene rings is 3. The second-order valence-electron chi connectivity index (χ2n) is 11.0. The second-order valence-corrected chi connectivity index (χ2v) is 12.0. The summed E-state index contributed by atoms with van der Waals surface area (Å²) in [5.74, 6) is -1.56. The van der Waals surface area contributed by atoms with Crippen molar-refractivity contribution in [3.05, 3.63) is 94.6 Å². The largest absolute Gasteiger partial charge is 0.481 e. The molecule has 0 saturated carbocycles. The van der Waals surface area contributed by atoms with E-state index in [1.165, 1.54) is 22.6 Å². The number of alkyl halides is 6. The van der Waals surface area contributed by atoms with Crippen LogP contribution in [0.4, 0.5) is 42.0 Å². The van der Waals surface area contributed by atoms with E-state index < -0.39 is 51.6 Å². The Morgan fingerprint density at radius 2 is 1.62 bits per heavy atom. The Kier molecular flexibility index (Phi) is 10.1. The van der Waals surface area contributed by atoms with Gasteiger partial charge in [0.2, 0.25) is 0 Å². The van der Waals surface area contributed by atoms with Crippen LogP contribution in [0.25, 0.3) is 15.8 Å². The van der Waals surface area contributed by atoms with Gasteiger partial charge in [-0.25, -0.2) is 9.78 Å². The van der Waals surface area contributed by atoms with Gasteiger partial charge in [-0.2, -0.15) is 26.3 Å². The van der Waals surface area contributed by atoms with Crippen LogP contribution in [-0.2, 0) is 23.7 Å². The molecule has 1 aliphatic rings. The van der Waals surface area contributed by atoms with Gasteiger partial charge in [0, 0.05) is 17.8 Å². The molecule has 4 aromatic rings. The van der Waals surface area contributed by atoms with Crippen molar-refractivity contribution in [1.29, 1.82) is 0 Å². The van der Waals surface area contributed by atoms with Gasteiger partial charge in [0.15, 0.2) is 5.13 Å². The average Bonchev–Trinajstić information content (AvgIpc) is 3.45. The summed E-state index contributed by atoms with van der Waals surface area (Å²) in [5, 5.41) is 13.4. The van der Waals surface area contributed by atoms with E-state index >= 15 is 0 Å². The molecule has 0 spiro atoms. The van der Waals surface area contributed by atoms with Gasteiger partial charge in [-0.1, -0.05) is 41.7 Å². The fourth-order valence-corrected chi connectivity index (χ4v) is 6.15. The number of carbonyl (C=O) groups excluding carboxylic acids is 2. The summed E-state index contributed by atoms with van der Waals surface area (Å²) in [4.78, 5) is 42.0. The van der Waals surface area contributed by atoms with Crippen molar-refractivity contribution < 1.29 is 45.8 Å². The molecule has 1 aromatic heterocycles. The molecule has 5 rings (SSSR count). The highest BCUT2D eigenvalue weighted by molar-refractivity contribution is 7.22. The zero-order valence-electron chi connectivity index (χ0n) is 25.0. The van der Waals surface area contributed by atoms with Crippen molar-refractivity contribution in [1.82, 2.24) is 10.3 Å². The highest BCUT2D eigenvalue weighted by Crippen LogP contribution is 2.43. The van der Waals surface area contributed by atoms with Crippen molar-refractivity contribution >= 4 is 55.9 Å². The monoisotopic (exact) mass is 690 g/mol. The number of rotatable bonds is 9. The molecule has 0 aliphatic heterocycles. The van der Waals surface area contributed by atoms with Crippen LogP contribution in [0.2, 0.25) is 0 Å². The Morgan fingerprint density at radius 3 is 2.23 bits per heavy atom. The Hall–Kier alpha value is -4.92. The van der Waals surface area contributed by atoms with Crippen molar-refractivity contribution in [2.45, 2.75) is 51.0 Å². The molecule has 0 saturated heterocycles. The molecular formula is C33H28F6N4O4S. The number of carbonyl (C=O) groups is 3. The first-order valence-corrected chi connectivity index (χ1v) is 15.6. The molecule has 0 atom stereocenters. The van der Waals surface area contributed by atoms with Gasteiger partial charge in [-0.05, 0) is 78.8 Å². The molecule has 0 bridgehead atoms. The molecule has 3 amide bonds. The summed E-state index contributed by atoms with van der Waals surface area (Å²) >= 11 is 0.406. The summed E-state index contributed by atoms with van der Waals surface area (Å²) in [6.07, 6.45) is -4.21. The van der Waals surface area contributed by atoms with E-state index in [0.29, 0.717) is 28.7 Å². The van der Waals surface area contributed by atoms with Crippen molar-refractivity contribution in [2.24, 2.45) is 0 Å².